The van der Waals surface area contributed by atoms with E-state index in [9.17, 15) is 0 Å². The van der Waals surface area contributed by atoms with Crippen molar-refractivity contribution in [3.05, 3.63) is 218 Å². The van der Waals surface area contributed by atoms with Gasteiger partial charge in [-0.05, 0) is 100 Å². The molecule has 0 amide bonds. The van der Waals surface area contributed by atoms with Crippen molar-refractivity contribution in [2.75, 3.05) is 5.73 Å². The monoisotopic (exact) mass is 802 g/mol. The van der Waals surface area contributed by atoms with E-state index in [1.165, 1.54) is 77.2 Å². The molecular weight excluding hydrogens is 765 g/mol. The van der Waals surface area contributed by atoms with E-state index in [0.717, 1.165) is 33.5 Å². The van der Waals surface area contributed by atoms with Crippen LogP contribution in [0, 0.1) is 0 Å². The molecule has 2 N–H and O–H groups in total. The fourth-order valence-corrected chi connectivity index (χ4v) is 9.41. The normalized spacial score (nSPS) is 11.6. The molecule has 0 saturated carbocycles. The van der Waals surface area contributed by atoms with Crippen LogP contribution in [0.2, 0.25) is 0 Å². The zero-order chi connectivity index (χ0) is 41.9. The van der Waals surface area contributed by atoms with E-state index >= 15 is 0 Å². The van der Waals surface area contributed by atoms with Gasteiger partial charge in [0.2, 0.25) is 0 Å². The smallest absolute Gasteiger partial charge is 0.164 e. The van der Waals surface area contributed by atoms with Gasteiger partial charge in [0, 0.05) is 22.4 Å². The highest BCUT2D eigenvalue weighted by Gasteiger charge is 2.25. The third kappa shape index (κ3) is 6.27. The van der Waals surface area contributed by atoms with E-state index in [4.69, 9.17) is 20.7 Å². The Labute approximate surface area is 365 Å². The Morgan fingerprint density at radius 3 is 0.968 bits per heavy atom. The molecular formula is C59H38N4. The molecule has 1 aliphatic carbocycles. The fraction of sp³-hybridized carbons (Fsp3) is 0. The van der Waals surface area contributed by atoms with Gasteiger partial charge < -0.3 is 5.73 Å². The van der Waals surface area contributed by atoms with Crippen LogP contribution in [-0.2, 0) is 0 Å². The minimum absolute atomic E-state index is 0.638. The summed E-state index contributed by atoms with van der Waals surface area (Å²) in [5, 5.41) is 4.98. The lowest BCUT2D eigenvalue weighted by atomic mass is 9.87. The predicted molar refractivity (Wildman–Crippen MR) is 262 cm³/mol. The number of aromatic nitrogens is 3. The maximum atomic E-state index is 6.04. The van der Waals surface area contributed by atoms with E-state index in [1.54, 1.807) is 0 Å². The van der Waals surface area contributed by atoms with Crippen LogP contribution in [0.15, 0.2) is 218 Å². The molecule has 0 atom stereocenters. The van der Waals surface area contributed by atoms with Gasteiger partial charge in [0.25, 0.3) is 0 Å². The second-order valence-corrected chi connectivity index (χ2v) is 16.1. The molecule has 11 aromatic rings. The molecule has 10 aromatic carbocycles. The second-order valence-electron chi connectivity index (χ2n) is 16.1. The first-order valence-electron chi connectivity index (χ1n) is 21.3. The number of benzene rings is 10. The summed E-state index contributed by atoms with van der Waals surface area (Å²) in [7, 11) is 0. The molecule has 0 unspecified atom stereocenters. The molecule has 0 saturated heterocycles. The highest BCUT2D eigenvalue weighted by atomic mass is 15.0. The number of hydrogen-bond donors (Lipinski definition) is 1. The highest BCUT2D eigenvalue weighted by Crippen LogP contribution is 2.52. The van der Waals surface area contributed by atoms with Crippen LogP contribution in [0.3, 0.4) is 0 Å². The van der Waals surface area contributed by atoms with Crippen LogP contribution < -0.4 is 5.73 Å². The molecule has 4 nitrogen and oxygen atoms in total. The van der Waals surface area contributed by atoms with E-state index in [-0.39, 0.29) is 0 Å². The van der Waals surface area contributed by atoms with Crippen LogP contribution in [0.5, 0.6) is 0 Å². The first-order valence-corrected chi connectivity index (χ1v) is 21.3. The Balaban J connectivity index is 0.969. The molecule has 1 heterocycles. The van der Waals surface area contributed by atoms with Crippen molar-refractivity contribution >= 4 is 27.2 Å². The fourth-order valence-electron chi connectivity index (χ4n) is 9.41. The van der Waals surface area contributed by atoms with Gasteiger partial charge in [-0.2, -0.15) is 0 Å². The van der Waals surface area contributed by atoms with Gasteiger partial charge in [0.1, 0.15) is 0 Å². The van der Waals surface area contributed by atoms with Gasteiger partial charge in [-0.1, -0.05) is 206 Å². The van der Waals surface area contributed by atoms with E-state index in [0.29, 0.717) is 17.5 Å². The average molecular weight is 803 g/mol. The Morgan fingerprint density at radius 2 is 0.524 bits per heavy atom. The summed E-state index contributed by atoms with van der Waals surface area (Å²) >= 11 is 0. The average Bonchev–Trinajstić information content (AvgIpc) is 3.69. The molecule has 1 aliphatic rings. The Hall–Kier alpha value is -8.47. The predicted octanol–water partition coefficient (Wildman–Crippen LogP) is 15.1. The van der Waals surface area contributed by atoms with Gasteiger partial charge in [0.15, 0.2) is 17.5 Å². The first kappa shape index (κ1) is 36.4. The van der Waals surface area contributed by atoms with Crippen molar-refractivity contribution in [1.82, 2.24) is 15.0 Å². The van der Waals surface area contributed by atoms with Crippen LogP contribution in [0.4, 0.5) is 5.69 Å². The van der Waals surface area contributed by atoms with Crippen molar-refractivity contribution in [3.8, 4) is 101 Å². The van der Waals surface area contributed by atoms with Crippen LogP contribution in [0.1, 0.15) is 0 Å². The molecule has 0 spiro atoms. The van der Waals surface area contributed by atoms with Crippen molar-refractivity contribution in [2.24, 2.45) is 0 Å². The summed E-state index contributed by atoms with van der Waals surface area (Å²) in [5.74, 6) is 1.93. The highest BCUT2D eigenvalue weighted by molar-refractivity contribution is 6.22. The first-order chi connectivity index (χ1) is 31.1. The Bertz CT molecular complexity index is 3440. The number of fused-ring (bicyclic) bond motifs is 4. The van der Waals surface area contributed by atoms with E-state index < -0.39 is 0 Å². The van der Waals surface area contributed by atoms with E-state index in [1.807, 2.05) is 72.8 Å². The number of nitrogens with zero attached hydrogens (tertiary/aromatic N) is 3. The molecule has 0 bridgehead atoms. The lowest BCUT2D eigenvalue weighted by Gasteiger charge is -2.16. The van der Waals surface area contributed by atoms with Crippen LogP contribution in [0.25, 0.3) is 122 Å². The van der Waals surface area contributed by atoms with Crippen molar-refractivity contribution in [1.29, 1.82) is 0 Å². The minimum atomic E-state index is 0.638. The molecule has 0 aliphatic heterocycles. The minimum Gasteiger partial charge on any atom is -0.399 e. The molecule has 0 radical (unpaired) electrons. The number of hydrogen-bond acceptors (Lipinski definition) is 4. The zero-order valence-corrected chi connectivity index (χ0v) is 34.2. The number of rotatable bonds is 7. The van der Waals surface area contributed by atoms with Crippen molar-refractivity contribution in [3.63, 3.8) is 0 Å². The summed E-state index contributed by atoms with van der Waals surface area (Å²) in [4.78, 5) is 14.9. The lowest BCUT2D eigenvalue weighted by Crippen LogP contribution is -2.00. The number of anilines is 1. The molecule has 4 heteroatoms. The summed E-state index contributed by atoms with van der Waals surface area (Å²) in [6.07, 6.45) is 0. The standard InChI is InChI=1S/C59H38N4/c60-44-29-27-38(28-30-44)46-32-31-45(49-15-7-8-16-50(46)49)37-19-21-39(22-20-37)47-33-35-53-51-17-9-10-18-52(51)54-36-34-48(55(47)56(53)54)40-23-25-43(26-24-40)59-62-57(41-11-3-1-4-12-41)61-58(63-59)42-13-5-2-6-14-42/h1-36H,60H2. The maximum absolute atomic E-state index is 6.04. The quantitative estimate of drug-likeness (QED) is 0.163. The zero-order valence-electron chi connectivity index (χ0n) is 34.2. The van der Waals surface area contributed by atoms with Gasteiger partial charge in [-0.25, -0.2) is 15.0 Å². The molecule has 1 aromatic heterocycles. The van der Waals surface area contributed by atoms with Gasteiger partial charge >= 0.3 is 0 Å². The Kier molecular flexibility index (Phi) is 8.61. The van der Waals surface area contributed by atoms with Gasteiger partial charge in [0.05, 0.1) is 0 Å². The van der Waals surface area contributed by atoms with Crippen molar-refractivity contribution in [2.45, 2.75) is 0 Å². The topological polar surface area (TPSA) is 64.7 Å². The lowest BCUT2D eigenvalue weighted by molar-refractivity contribution is 1.07. The SMILES string of the molecule is Nc1ccc(-c2ccc(-c3ccc(-c4ccc5c6c(ccc(-c7ccc(-c8nc(-c9ccccc9)nc(-c9ccccc9)n8)cc7)c46)-c4ccccc4-5)cc3)c3ccccc23)cc1. The molecule has 0 fully saturated rings. The number of nitrogen functional groups attached to an aromatic ring is 1. The van der Waals surface area contributed by atoms with Crippen molar-refractivity contribution < 1.29 is 0 Å². The summed E-state index contributed by atoms with van der Waals surface area (Å²) in [5.41, 5.74) is 24.2. The Morgan fingerprint density at radius 1 is 0.222 bits per heavy atom. The second kappa shape index (κ2) is 14.9. The summed E-state index contributed by atoms with van der Waals surface area (Å²) in [6, 6.07) is 77.4. The third-order valence-corrected chi connectivity index (χ3v) is 12.5. The van der Waals surface area contributed by atoms with Gasteiger partial charge in [-0.15, -0.1) is 0 Å². The summed E-state index contributed by atoms with van der Waals surface area (Å²) < 4.78 is 0. The third-order valence-electron chi connectivity index (χ3n) is 12.5. The largest absolute Gasteiger partial charge is 0.399 e. The van der Waals surface area contributed by atoms with Crippen LogP contribution >= 0.6 is 0 Å². The molecule has 294 valence electrons. The molecule has 12 rings (SSSR count). The van der Waals surface area contributed by atoms with Gasteiger partial charge in [-0.3, -0.25) is 0 Å². The number of nitrogens with two attached hydrogens (primary N) is 1. The maximum Gasteiger partial charge on any atom is 0.164 e. The summed E-state index contributed by atoms with van der Waals surface area (Å²) in [6.45, 7) is 0. The van der Waals surface area contributed by atoms with E-state index in [2.05, 4.69) is 146 Å². The van der Waals surface area contributed by atoms with Crippen LogP contribution in [-0.4, -0.2) is 15.0 Å². The molecule has 63 heavy (non-hydrogen) atoms.